The lowest BCUT2D eigenvalue weighted by Gasteiger charge is -2.35. The van der Waals surface area contributed by atoms with Crippen LogP contribution in [0, 0.1) is 23.1 Å². The Morgan fingerprint density at radius 2 is 2.00 bits per heavy atom. The van der Waals surface area contributed by atoms with E-state index < -0.39 is 29.1 Å². The molecule has 144 valence electrons. The molecule has 0 radical (unpaired) electrons. The minimum atomic E-state index is -1.10. The average Bonchev–Trinajstić information content (AvgIpc) is 2.68. The van der Waals surface area contributed by atoms with E-state index >= 15 is 0 Å². The molecule has 2 aliphatic rings. The van der Waals surface area contributed by atoms with Crippen molar-refractivity contribution in [1.29, 1.82) is 5.26 Å². The number of aromatic nitrogens is 2. The number of anilines is 2. The number of fused-ring (bicyclic) bond motifs is 1. The summed E-state index contributed by atoms with van der Waals surface area (Å²) in [7, 11) is 0. The van der Waals surface area contributed by atoms with E-state index in [2.05, 4.69) is 22.2 Å². The standard InChI is InChI=1S/C20H20FN5O2/c1-11-4-2-3-9-26(11)20-24-17-16(19(28)25-20)15(14(10-22)18(27)23-17)12-5-7-13(21)8-6-12/h5-8,11,14-15H,2-4,9H2,1H3,(H2,23,24,25,27,28)/t11-,14+,15+/m1/s1. The summed E-state index contributed by atoms with van der Waals surface area (Å²) >= 11 is 0. The topological polar surface area (TPSA) is 102 Å². The SMILES string of the molecule is C[C@@H]1CCCCN1c1nc2c(c(=O)[nH]1)[C@@H](c1ccc(F)cc1)[C@H](C#N)C(=O)N2. The molecule has 1 aromatic heterocycles. The van der Waals surface area contributed by atoms with Gasteiger partial charge in [0.15, 0.2) is 0 Å². The monoisotopic (exact) mass is 381 g/mol. The number of hydrogen-bond donors (Lipinski definition) is 2. The molecule has 28 heavy (non-hydrogen) atoms. The Labute approximate surface area is 161 Å². The van der Waals surface area contributed by atoms with Crippen molar-refractivity contribution in [3.63, 3.8) is 0 Å². The van der Waals surface area contributed by atoms with Gasteiger partial charge in [0.05, 0.1) is 11.6 Å². The smallest absolute Gasteiger partial charge is 0.258 e. The van der Waals surface area contributed by atoms with E-state index in [-0.39, 0.29) is 17.4 Å². The van der Waals surface area contributed by atoms with Crippen LogP contribution in [0.3, 0.4) is 0 Å². The Morgan fingerprint density at radius 3 is 2.68 bits per heavy atom. The van der Waals surface area contributed by atoms with Gasteiger partial charge in [-0.1, -0.05) is 12.1 Å². The highest BCUT2D eigenvalue weighted by Crippen LogP contribution is 2.38. The number of H-pyrrole nitrogens is 1. The van der Waals surface area contributed by atoms with E-state index in [1.807, 2.05) is 11.0 Å². The number of carbonyl (C=O) groups is 1. The van der Waals surface area contributed by atoms with Crippen LogP contribution in [0.25, 0.3) is 0 Å². The lowest BCUT2D eigenvalue weighted by Crippen LogP contribution is -2.42. The molecule has 1 amide bonds. The third-order valence-corrected chi connectivity index (χ3v) is 5.55. The largest absolute Gasteiger partial charge is 0.340 e. The van der Waals surface area contributed by atoms with Gasteiger partial charge >= 0.3 is 0 Å². The van der Waals surface area contributed by atoms with Gasteiger partial charge in [0, 0.05) is 18.5 Å². The van der Waals surface area contributed by atoms with Crippen molar-refractivity contribution < 1.29 is 9.18 Å². The van der Waals surface area contributed by atoms with Crippen molar-refractivity contribution in [1.82, 2.24) is 9.97 Å². The predicted octanol–water partition coefficient (Wildman–Crippen LogP) is 2.51. The summed E-state index contributed by atoms with van der Waals surface area (Å²) in [6, 6.07) is 7.69. The summed E-state index contributed by atoms with van der Waals surface area (Å²) in [5.41, 5.74) is 0.356. The molecular formula is C20H20FN5O2. The first kappa shape index (κ1) is 18.2. The predicted molar refractivity (Wildman–Crippen MR) is 101 cm³/mol. The number of nitriles is 1. The normalized spacial score (nSPS) is 24.2. The zero-order valence-electron chi connectivity index (χ0n) is 15.4. The molecule has 0 saturated carbocycles. The molecule has 2 aliphatic heterocycles. The zero-order valence-corrected chi connectivity index (χ0v) is 15.4. The maximum atomic E-state index is 13.4. The van der Waals surface area contributed by atoms with Crippen LogP contribution < -0.4 is 15.8 Å². The molecule has 0 bridgehead atoms. The third kappa shape index (κ3) is 3.03. The molecule has 3 atom stereocenters. The van der Waals surface area contributed by atoms with Gasteiger partial charge < -0.3 is 10.2 Å². The van der Waals surface area contributed by atoms with Gasteiger partial charge in [0.1, 0.15) is 17.6 Å². The molecule has 0 unspecified atom stereocenters. The third-order valence-electron chi connectivity index (χ3n) is 5.55. The van der Waals surface area contributed by atoms with Crippen LogP contribution in [0.4, 0.5) is 16.2 Å². The van der Waals surface area contributed by atoms with Crippen molar-refractivity contribution in [2.24, 2.45) is 5.92 Å². The number of nitrogens with zero attached hydrogens (tertiary/aromatic N) is 3. The molecule has 4 rings (SSSR count). The van der Waals surface area contributed by atoms with Gasteiger partial charge in [-0.05, 0) is 43.9 Å². The Morgan fingerprint density at radius 1 is 1.25 bits per heavy atom. The van der Waals surface area contributed by atoms with E-state index in [1.165, 1.54) is 24.3 Å². The minimum absolute atomic E-state index is 0.169. The first-order valence-electron chi connectivity index (χ1n) is 9.36. The number of benzene rings is 1. The van der Waals surface area contributed by atoms with Gasteiger partial charge in [-0.15, -0.1) is 0 Å². The summed E-state index contributed by atoms with van der Waals surface area (Å²) in [5.74, 6) is -2.26. The molecule has 0 aliphatic carbocycles. The number of nitrogens with one attached hydrogen (secondary N) is 2. The molecule has 1 fully saturated rings. The first-order valence-corrected chi connectivity index (χ1v) is 9.36. The number of piperidine rings is 1. The molecule has 7 nitrogen and oxygen atoms in total. The molecule has 2 N–H and O–H groups in total. The Bertz CT molecular complexity index is 1010. The number of halogens is 1. The van der Waals surface area contributed by atoms with Crippen molar-refractivity contribution in [3.8, 4) is 6.07 Å². The molecule has 1 saturated heterocycles. The van der Waals surface area contributed by atoms with Crippen LogP contribution in [0.15, 0.2) is 29.1 Å². The van der Waals surface area contributed by atoms with Crippen LogP contribution in [0.1, 0.15) is 43.2 Å². The molecule has 0 spiro atoms. The summed E-state index contributed by atoms with van der Waals surface area (Å²) in [4.78, 5) is 34.9. The molecular weight excluding hydrogens is 361 g/mol. The molecule has 8 heteroatoms. The number of carbonyl (C=O) groups excluding carboxylic acids is 1. The van der Waals surface area contributed by atoms with Crippen molar-refractivity contribution in [3.05, 3.63) is 51.6 Å². The molecule has 3 heterocycles. The maximum Gasteiger partial charge on any atom is 0.258 e. The van der Waals surface area contributed by atoms with Crippen LogP contribution in [-0.4, -0.2) is 28.5 Å². The zero-order chi connectivity index (χ0) is 19.8. The van der Waals surface area contributed by atoms with Crippen LogP contribution in [0.5, 0.6) is 0 Å². The minimum Gasteiger partial charge on any atom is -0.340 e. The lowest BCUT2D eigenvalue weighted by molar-refractivity contribution is -0.119. The summed E-state index contributed by atoms with van der Waals surface area (Å²) < 4.78 is 13.4. The molecule has 1 aromatic carbocycles. The van der Waals surface area contributed by atoms with E-state index in [0.717, 1.165) is 25.8 Å². The molecule has 2 aromatic rings. The fourth-order valence-electron chi connectivity index (χ4n) is 4.08. The Hall–Kier alpha value is -3.21. The van der Waals surface area contributed by atoms with Crippen molar-refractivity contribution in [2.75, 3.05) is 16.8 Å². The van der Waals surface area contributed by atoms with Crippen molar-refractivity contribution >= 4 is 17.7 Å². The number of amides is 1. The second-order valence-corrected chi connectivity index (χ2v) is 7.32. The van der Waals surface area contributed by atoms with Gasteiger partial charge in [0.2, 0.25) is 11.9 Å². The summed E-state index contributed by atoms with van der Waals surface area (Å²) in [6.07, 6.45) is 3.13. The number of aromatic amines is 1. The van der Waals surface area contributed by atoms with E-state index in [0.29, 0.717) is 11.5 Å². The highest BCUT2D eigenvalue weighted by Gasteiger charge is 2.40. The quantitative estimate of drug-likeness (QED) is 0.832. The van der Waals surface area contributed by atoms with E-state index in [4.69, 9.17) is 0 Å². The van der Waals surface area contributed by atoms with E-state index in [9.17, 15) is 19.2 Å². The van der Waals surface area contributed by atoms with Crippen LogP contribution in [-0.2, 0) is 4.79 Å². The van der Waals surface area contributed by atoms with Gasteiger partial charge in [-0.3, -0.25) is 14.6 Å². The van der Waals surface area contributed by atoms with Crippen molar-refractivity contribution in [2.45, 2.75) is 38.1 Å². The van der Waals surface area contributed by atoms with Gasteiger partial charge in [-0.25, -0.2) is 4.39 Å². The average molecular weight is 381 g/mol. The number of hydrogen-bond acceptors (Lipinski definition) is 5. The van der Waals surface area contributed by atoms with Crippen LogP contribution in [0.2, 0.25) is 0 Å². The fraction of sp³-hybridized carbons (Fsp3) is 0.400. The van der Waals surface area contributed by atoms with Gasteiger partial charge in [0.25, 0.3) is 5.56 Å². The fourth-order valence-corrected chi connectivity index (χ4v) is 4.08. The number of rotatable bonds is 2. The highest BCUT2D eigenvalue weighted by atomic mass is 19.1. The Balaban J connectivity index is 1.84. The Kier molecular flexibility index (Phi) is 4.59. The summed E-state index contributed by atoms with van der Waals surface area (Å²) in [6.45, 7) is 2.85. The van der Waals surface area contributed by atoms with Gasteiger partial charge in [-0.2, -0.15) is 10.2 Å². The lowest BCUT2D eigenvalue weighted by atomic mass is 9.79. The second kappa shape index (κ2) is 7.08. The second-order valence-electron chi connectivity index (χ2n) is 7.32. The van der Waals surface area contributed by atoms with Crippen LogP contribution >= 0.6 is 0 Å². The maximum absolute atomic E-state index is 13.4. The highest BCUT2D eigenvalue weighted by molar-refractivity contribution is 5.97. The first-order chi connectivity index (χ1) is 13.5. The van der Waals surface area contributed by atoms with E-state index in [1.54, 1.807) is 0 Å². The summed E-state index contributed by atoms with van der Waals surface area (Å²) in [5, 5.41) is 12.1.